The van der Waals surface area contributed by atoms with Crippen molar-refractivity contribution in [3.05, 3.63) is 84.6 Å². The summed E-state index contributed by atoms with van der Waals surface area (Å²) < 4.78 is 1.86. The number of para-hydroxylation sites is 2. The number of rotatable bonds is 4. The van der Waals surface area contributed by atoms with Gasteiger partial charge in [0.15, 0.2) is 0 Å². The minimum absolute atomic E-state index is 0.231. The number of aromatic carboxylic acids is 1. The van der Waals surface area contributed by atoms with Gasteiger partial charge in [-0.05, 0) is 36.4 Å². The zero-order valence-corrected chi connectivity index (χ0v) is 13.3. The highest BCUT2D eigenvalue weighted by molar-refractivity contribution is 5.99. The van der Waals surface area contributed by atoms with E-state index in [-0.39, 0.29) is 5.56 Å². The zero-order valence-electron chi connectivity index (χ0n) is 13.3. The number of carboxylic acids is 1. The van der Waals surface area contributed by atoms with E-state index in [9.17, 15) is 9.90 Å². The Balaban J connectivity index is 1.80. The number of fused-ring (bicyclic) bond motifs is 1. The van der Waals surface area contributed by atoms with Gasteiger partial charge in [0, 0.05) is 11.1 Å². The molecule has 0 fully saturated rings. The lowest BCUT2D eigenvalue weighted by atomic mass is 10.1. The van der Waals surface area contributed by atoms with Gasteiger partial charge in [-0.15, -0.1) is 0 Å². The minimum atomic E-state index is -0.963. The summed E-state index contributed by atoms with van der Waals surface area (Å²) >= 11 is 0. The number of nitrogens with one attached hydrogen (secondary N) is 1. The van der Waals surface area contributed by atoms with Crippen LogP contribution in [0.4, 0.5) is 11.4 Å². The quantitative estimate of drug-likeness (QED) is 0.580. The fraction of sp³-hybridized carbons (Fsp3) is 0. The normalized spacial score (nSPS) is 10.7. The van der Waals surface area contributed by atoms with E-state index in [2.05, 4.69) is 10.4 Å². The Morgan fingerprint density at radius 1 is 0.880 bits per heavy atom. The first-order valence-corrected chi connectivity index (χ1v) is 7.85. The Labute approximate surface area is 144 Å². The maximum absolute atomic E-state index is 11.4. The Morgan fingerprint density at radius 2 is 1.60 bits per heavy atom. The van der Waals surface area contributed by atoms with Crippen LogP contribution < -0.4 is 5.32 Å². The van der Waals surface area contributed by atoms with Crippen molar-refractivity contribution in [1.82, 2.24) is 9.78 Å². The summed E-state index contributed by atoms with van der Waals surface area (Å²) in [5.41, 5.74) is 3.52. The van der Waals surface area contributed by atoms with E-state index < -0.39 is 5.97 Å². The molecule has 0 radical (unpaired) electrons. The number of benzene rings is 3. The summed E-state index contributed by atoms with van der Waals surface area (Å²) in [5.74, 6) is -0.963. The first kappa shape index (κ1) is 15.0. The largest absolute Gasteiger partial charge is 0.478 e. The minimum Gasteiger partial charge on any atom is -0.478 e. The molecule has 0 aliphatic heterocycles. The van der Waals surface area contributed by atoms with Gasteiger partial charge in [0.05, 0.1) is 28.7 Å². The van der Waals surface area contributed by atoms with Gasteiger partial charge < -0.3 is 10.4 Å². The molecular weight excluding hydrogens is 314 g/mol. The van der Waals surface area contributed by atoms with Crippen molar-refractivity contribution in [1.29, 1.82) is 0 Å². The lowest BCUT2D eigenvalue weighted by Crippen LogP contribution is -2.02. The molecule has 2 N–H and O–H groups in total. The van der Waals surface area contributed by atoms with Gasteiger partial charge in [0.2, 0.25) is 0 Å². The molecule has 0 aliphatic rings. The maximum atomic E-state index is 11.4. The highest BCUT2D eigenvalue weighted by Crippen LogP contribution is 2.29. The number of carbonyl (C=O) groups is 1. The van der Waals surface area contributed by atoms with Gasteiger partial charge in [0.1, 0.15) is 0 Å². The number of aromatic nitrogens is 2. The number of nitrogens with zero attached hydrogens (tertiary/aromatic N) is 2. The van der Waals surface area contributed by atoms with Gasteiger partial charge in [-0.2, -0.15) is 5.10 Å². The van der Waals surface area contributed by atoms with Crippen molar-refractivity contribution in [3.63, 3.8) is 0 Å². The van der Waals surface area contributed by atoms with Crippen LogP contribution in [-0.2, 0) is 0 Å². The lowest BCUT2D eigenvalue weighted by molar-refractivity contribution is 0.0698. The topological polar surface area (TPSA) is 67.2 Å². The molecule has 5 heteroatoms. The molecule has 0 saturated carbocycles. The molecule has 3 aromatic carbocycles. The molecule has 0 amide bonds. The highest BCUT2D eigenvalue weighted by atomic mass is 16.4. The second-order valence-corrected chi connectivity index (χ2v) is 5.61. The molecule has 4 aromatic rings. The van der Waals surface area contributed by atoms with Crippen molar-refractivity contribution in [2.45, 2.75) is 0 Å². The number of hydrogen-bond donors (Lipinski definition) is 2. The third-order valence-electron chi connectivity index (χ3n) is 4.04. The fourth-order valence-electron chi connectivity index (χ4n) is 2.86. The molecule has 0 aliphatic carbocycles. The van der Waals surface area contributed by atoms with Crippen LogP contribution in [0.3, 0.4) is 0 Å². The molecule has 1 aromatic heterocycles. The first-order valence-electron chi connectivity index (χ1n) is 7.85. The van der Waals surface area contributed by atoms with E-state index in [0.29, 0.717) is 5.69 Å². The Morgan fingerprint density at radius 3 is 2.40 bits per heavy atom. The van der Waals surface area contributed by atoms with Crippen LogP contribution in [0.1, 0.15) is 10.4 Å². The fourth-order valence-corrected chi connectivity index (χ4v) is 2.86. The number of carboxylic acid groups (broad SMARTS) is 1. The average molecular weight is 329 g/mol. The van der Waals surface area contributed by atoms with Gasteiger partial charge in [-0.1, -0.05) is 36.4 Å². The first-order chi connectivity index (χ1) is 12.2. The summed E-state index contributed by atoms with van der Waals surface area (Å²) in [6.45, 7) is 0. The Hall–Kier alpha value is -3.60. The van der Waals surface area contributed by atoms with E-state index in [1.54, 1.807) is 24.4 Å². The maximum Gasteiger partial charge on any atom is 0.337 e. The van der Waals surface area contributed by atoms with Crippen molar-refractivity contribution >= 4 is 28.2 Å². The zero-order chi connectivity index (χ0) is 17.2. The van der Waals surface area contributed by atoms with E-state index in [1.165, 1.54) is 0 Å². The molecule has 4 rings (SSSR count). The van der Waals surface area contributed by atoms with Gasteiger partial charge in [-0.25, -0.2) is 9.48 Å². The van der Waals surface area contributed by atoms with E-state index in [4.69, 9.17) is 0 Å². The molecule has 5 nitrogen and oxygen atoms in total. The third kappa shape index (κ3) is 2.72. The Bertz CT molecular complexity index is 1050. The van der Waals surface area contributed by atoms with Crippen molar-refractivity contribution in [2.75, 3.05) is 5.32 Å². The van der Waals surface area contributed by atoms with Crippen LogP contribution in [0.5, 0.6) is 0 Å². The van der Waals surface area contributed by atoms with Gasteiger partial charge in [0.25, 0.3) is 0 Å². The molecule has 25 heavy (non-hydrogen) atoms. The monoisotopic (exact) mass is 329 g/mol. The molecule has 0 bridgehead atoms. The molecule has 122 valence electrons. The lowest BCUT2D eigenvalue weighted by Gasteiger charge is -2.11. The van der Waals surface area contributed by atoms with E-state index >= 15 is 0 Å². The average Bonchev–Trinajstić information content (AvgIpc) is 3.08. The van der Waals surface area contributed by atoms with Crippen molar-refractivity contribution < 1.29 is 9.90 Å². The van der Waals surface area contributed by atoms with Crippen LogP contribution in [0.25, 0.3) is 16.6 Å². The third-order valence-corrected chi connectivity index (χ3v) is 4.04. The molecule has 0 spiro atoms. The number of anilines is 2. The van der Waals surface area contributed by atoms with Gasteiger partial charge in [-0.3, -0.25) is 0 Å². The van der Waals surface area contributed by atoms with Crippen molar-refractivity contribution in [2.24, 2.45) is 0 Å². The van der Waals surface area contributed by atoms with E-state index in [0.717, 1.165) is 22.3 Å². The van der Waals surface area contributed by atoms with Crippen LogP contribution >= 0.6 is 0 Å². The predicted octanol–water partition coefficient (Wildman–Crippen LogP) is 4.47. The SMILES string of the molecule is O=C(O)c1ccccc1Nc1cccc2c1cnn2-c1ccccc1. The van der Waals surface area contributed by atoms with Gasteiger partial charge >= 0.3 is 5.97 Å². The molecule has 0 saturated heterocycles. The predicted molar refractivity (Wildman–Crippen MR) is 97.8 cm³/mol. The van der Waals surface area contributed by atoms with Crippen molar-refractivity contribution in [3.8, 4) is 5.69 Å². The highest BCUT2D eigenvalue weighted by Gasteiger charge is 2.12. The summed E-state index contributed by atoms with van der Waals surface area (Å²) in [6, 6.07) is 22.6. The smallest absolute Gasteiger partial charge is 0.337 e. The summed E-state index contributed by atoms with van der Waals surface area (Å²) in [5, 5.41) is 18.0. The van der Waals surface area contributed by atoms with E-state index in [1.807, 2.05) is 59.3 Å². The van der Waals surface area contributed by atoms with Crippen LogP contribution in [0.15, 0.2) is 79.0 Å². The number of hydrogen-bond acceptors (Lipinski definition) is 3. The van der Waals surface area contributed by atoms with Crippen LogP contribution in [0.2, 0.25) is 0 Å². The standard InChI is InChI=1S/C20H15N3O2/c24-20(25)15-9-4-5-10-17(15)22-18-11-6-12-19-16(18)13-21-23(19)14-7-2-1-3-8-14/h1-13,22H,(H,24,25). The Kier molecular flexibility index (Phi) is 3.67. The molecule has 0 atom stereocenters. The second-order valence-electron chi connectivity index (χ2n) is 5.61. The molecular formula is C20H15N3O2. The van der Waals surface area contributed by atoms with Crippen LogP contribution in [-0.4, -0.2) is 20.9 Å². The summed E-state index contributed by atoms with van der Waals surface area (Å²) in [4.78, 5) is 11.4. The summed E-state index contributed by atoms with van der Waals surface area (Å²) in [7, 11) is 0. The summed E-state index contributed by atoms with van der Waals surface area (Å²) in [6.07, 6.45) is 1.79. The molecule has 0 unspecified atom stereocenters. The second kappa shape index (κ2) is 6.13. The van der Waals surface area contributed by atoms with Crippen LogP contribution in [0, 0.1) is 0 Å². The molecule has 1 heterocycles.